The molecule has 0 aliphatic carbocycles. The van der Waals surface area contributed by atoms with Crippen molar-refractivity contribution in [2.45, 2.75) is 33.6 Å². The predicted molar refractivity (Wildman–Crippen MR) is 121 cm³/mol. The molecule has 1 aromatic heterocycles. The molecule has 162 valence electrons. The number of hydrogen-bond donors (Lipinski definition) is 2. The molecule has 0 spiro atoms. The average Bonchev–Trinajstić information content (AvgIpc) is 2.71. The lowest BCUT2D eigenvalue weighted by molar-refractivity contribution is -0.118. The molecule has 1 aromatic carbocycles. The van der Waals surface area contributed by atoms with Gasteiger partial charge in [0, 0.05) is 20.6 Å². The summed E-state index contributed by atoms with van der Waals surface area (Å²) < 4.78 is 1.89. The van der Waals surface area contributed by atoms with Crippen molar-refractivity contribution in [1.29, 1.82) is 0 Å². The fourth-order valence-electron chi connectivity index (χ4n) is 2.68. The second kappa shape index (κ2) is 10.3. The standard InChI is InChI=1S/C21H28N4O4S/c1-6-7-10-22-16(26)12-30-18(23-15-9-8-13(2)14(3)11-15)17-19(27)24(4)21(29)25(5)20(17)28/h8-9,11,27H,6-7,10,12H2,1-5H3,(H,22,26). The molecular formula is C21H28N4O4S. The van der Waals surface area contributed by atoms with Crippen LogP contribution in [0.2, 0.25) is 0 Å². The van der Waals surface area contributed by atoms with Gasteiger partial charge < -0.3 is 10.4 Å². The van der Waals surface area contributed by atoms with Crippen molar-refractivity contribution >= 4 is 28.4 Å². The number of carbonyl (C=O) groups excluding carboxylic acids is 1. The van der Waals surface area contributed by atoms with Gasteiger partial charge in [-0.2, -0.15) is 0 Å². The van der Waals surface area contributed by atoms with E-state index in [1.54, 1.807) is 6.07 Å². The summed E-state index contributed by atoms with van der Waals surface area (Å²) in [5.74, 6) is -0.648. The van der Waals surface area contributed by atoms with Crippen molar-refractivity contribution < 1.29 is 9.90 Å². The maximum absolute atomic E-state index is 12.8. The Bertz CT molecular complexity index is 1090. The Balaban J connectivity index is 2.51. The molecule has 1 amide bonds. The molecule has 0 unspecified atom stereocenters. The SMILES string of the molecule is CCCCNC(=O)CSC(=Nc1ccc(C)c(C)c1)c1c(O)n(C)c(=O)n(C)c1=O. The lowest BCUT2D eigenvalue weighted by Crippen LogP contribution is -2.39. The second-order valence-electron chi connectivity index (χ2n) is 7.08. The number of aryl methyl sites for hydroxylation is 2. The number of aromatic nitrogens is 2. The zero-order chi connectivity index (χ0) is 22.4. The number of carbonyl (C=O) groups is 1. The zero-order valence-corrected chi connectivity index (χ0v) is 18.8. The van der Waals surface area contributed by atoms with Gasteiger partial charge in [0.2, 0.25) is 11.8 Å². The van der Waals surface area contributed by atoms with Crippen LogP contribution in [-0.4, -0.2) is 37.5 Å². The minimum absolute atomic E-state index is 0.0266. The number of aromatic hydroxyl groups is 1. The fraction of sp³-hybridized carbons (Fsp3) is 0.429. The largest absolute Gasteiger partial charge is 0.494 e. The van der Waals surface area contributed by atoms with Crippen LogP contribution in [0.25, 0.3) is 0 Å². The Morgan fingerprint density at radius 1 is 1.17 bits per heavy atom. The Kier molecular flexibility index (Phi) is 8.05. The number of amides is 1. The number of hydrogen-bond acceptors (Lipinski definition) is 6. The third-order valence-electron chi connectivity index (χ3n) is 4.76. The summed E-state index contributed by atoms with van der Waals surface area (Å²) >= 11 is 1.05. The summed E-state index contributed by atoms with van der Waals surface area (Å²) in [4.78, 5) is 41.6. The first-order valence-corrected chi connectivity index (χ1v) is 10.7. The van der Waals surface area contributed by atoms with Gasteiger partial charge >= 0.3 is 5.69 Å². The van der Waals surface area contributed by atoms with Gasteiger partial charge in [0.1, 0.15) is 10.6 Å². The number of aliphatic imine (C=N–C) groups is 1. The topological polar surface area (TPSA) is 106 Å². The van der Waals surface area contributed by atoms with E-state index in [2.05, 4.69) is 10.3 Å². The number of rotatable bonds is 7. The highest BCUT2D eigenvalue weighted by atomic mass is 32.2. The Morgan fingerprint density at radius 3 is 2.50 bits per heavy atom. The summed E-state index contributed by atoms with van der Waals surface area (Å²) in [6.07, 6.45) is 1.84. The molecule has 0 saturated heterocycles. The van der Waals surface area contributed by atoms with Gasteiger partial charge in [-0.05, 0) is 43.5 Å². The number of nitrogens with one attached hydrogen (secondary N) is 1. The van der Waals surface area contributed by atoms with Crippen LogP contribution in [0.4, 0.5) is 5.69 Å². The molecule has 8 nitrogen and oxygen atoms in total. The molecular weight excluding hydrogens is 404 g/mol. The van der Waals surface area contributed by atoms with E-state index in [0.717, 1.165) is 44.9 Å². The highest BCUT2D eigenvalue weighted by Gasteiger charge is 2.21. The normalized spacial score (nSPS) is 11.6. The van der Waals surface area contributed by atoms with Crippen LogP contribution in [0.3, 0.4) is 0 Å². The van der Waals surface area contributed by atoms with Crippen molar-refractivity contribution in [3.63, 3.8) is 0 Å². The molecule has 30 heavy (non-hydrogen) atoms. The van der Waals surface area contributed by atoms with E-state index in [9.17, 15) is 19.5 Å². The zero-order valence-electron chi connectivity index (χ0n) is 18.0. The molecule has 0 saturated carbocycles. The summed E-state index contributed by atoms with van der Waals surface area (Å²) in [5, 5.41) is 13.5. The first-order chi connectivity index (χ1) is 14.2. The summed E-state index contributed by atoms with van der Waals surface area (Å²) in [5.41, 5.74) is 1.28. The molecule has 0 aliphatic rings. The highest BCUT2D eigenvalue weighted by Crippen LogP contribution is 2.24. The van der Waals surface area contributed by atoms with Gasteiger partial charge in [0.25, 0.3) is 5.56 Å². The quantitative estimate of drug-likeness (QED) is 0.396. The molecule has 1 heterocycles. The lowest BCUT2D eigenvalue weighted by atomic mass is 10.1. The van der Waals surface area contributed by atoms with Crippen LogP contribution in [-0.2, 0) is 18.9 Å². The van der Waals surface area contributed by atoms with Gasteiger partial charge in [0.05, 0.1) is 11.4 Å². The van der Waals surface area contributed by atoms with Gasteiger partial charge in [-0.3, -0.25) is 18.7 Å². The maximum Gasteiger partial charge on any atom is 0.333 e. The van der Waals surface area contributed by atoms with Crippen LogP contribution in [0, 0.1) is 13.8 Å². The monoisotopic (exact) mass is 432 g/mol. The van der Waals surface area contributed by atoms with E-state index in [1.165, 1.54) is 14.1 Å². The average molecular weight is 433 g/mol. The first-order valence-electron chi connectivity index (χ1n) is 9.72. The molecule has 0 radical (unpaired) electrons. The van der Waals surface area contributed by atoms with Crippen LogP contribution < -0.4 is 16.6 Å². The van der Waals surface area contributed by atoms with Crippen molar-refractivity contribution in [2.24, 2.45) is 19.1 Å². The molecule has 2 aromatic rings. The number of thioether (sulfide) groups is 1. The Labute approximate surface area is 179 Å². The highest BCUT2D eigenvalue weighted by molar-refractivity contribution is 8.15. The lowest BCUT2D eigenvalue weighted by Gasteiger charge is -2.13. The maximum atomic E-state index is 12.8. The van der Waals surface area contributed by atoms with Gasteiger partial charge in [0.15, 0.2) is 0 Å². The van der Waals surface area contributed by atoms with E-state index in [-0.39, 0.29) is 22.3 Å². The molecule has 0 atom stereocenters. The molecule has 2 N–H and O–H groups in total. The molecule has 0 bridgehead atoms. The molecule has 9 heteroatoms. The molecule has 0 fully saturated rings. The third-order valence-corrected chi connectivity index (χ3v) is 5.74. The Hall–Kier alpha value is -2.81. The van der Waals surface area contributed by atoms with Gasteiger partial charge in [-0.25, -0.2) is 9.79 Å². The Morgan fingerprint density at radius 2 is 1.87 bits per heavy atom. The van der Waals surface area contributed by atoms with Crippen molar-refractivity contribution in [3.05, 3.63) is 55.7 Å². The molecule has 2 rings (SSSR count). The second-order valence-corrected chi connectivity index (χ2v) is 8.05. The van der Waals surface area contributed by atoms with Crippen LogP contribution in [0.1, 0.15) is 36.5 Å². The number of benzene rings is 1. The number of unbranched alkanes of at least 4 members (excludes halogenated alkanes) is 1. The summed E-state index contributed by atoms with van der Waals surface area (Å²) in [7, 11) is 2.71. The van der Waals surface area contributed by atoms with E-state index >= 15 is 0 Å². The fourth-order valence-corrected chi connectivity index (χ4v) is 3.55. The van der Waals surface area contributed by atoms with E-state index < -0.39 is 17.1 Å². The van der Waals surface area contributed by atoms with E-state index in [1.807, 2.05) is 32.9 Å². The van der Waals surface area contributed by atoms with Crippen LogP contribution in [0.5, 0.6) is 5.88 Å². The number of nitrogens with zero attached hydrogens (tertiary/aromatic N) is 3. The minimum Gasteiger partial charge on any atom is -0.494 e. The van der Waals surface area contributed by atoms with E-state index in [4.69, 9.17) is 0 Å². The van der Waals surface area contributed by atoms with Gasteiger partial charge in [-0.15, -0.1) is 0 Å². The molecule has 0 aliphatic heterocycles. The van der Waals surface area contributed by atoms with Crippen molar-refractivity contribution in [1.82, 2.24) is 14.5 Å². The van der Waals surface area contributed by atoms with E-state index in [0.29, 0.717) is 12.2 Å². The van der Waals surface area contributed by atoms with Gasteiger partial charge in [-0.1, -0.05) is 31.2 Å². The summed E-state index contributed by atoms with van der Waals surface area (Å²) in [6, 6.07) is 5.57. The summed E-state index contributed by atoms with van der Waals surface area (Å²) in [6.45, 7) is 6.54. The third kappa shape index (κ3) is 5.41. The predicted octanol–water partition coefficient (Wildman–Crippen LogP) is 2.13. The minimum atomic E-state index is -0.669. The van der Waals surface area contributed by atoms with Crippen molar-refractivity contribution in [2.75, 3.05) is 12.3 Å². The first kappa shape index (κ1) is 23.5. The smallest absolute Gasteiger partial charge is 0.333 e. The van der Waals surface area contributed by atoms with Crippen LogP contribution in [0.15, 0.2) is 32.8 Å². The van der Waals surface area contributed by atoms with Crippen LogP contribution >= 0.6 is 11.8 Å². The van der Waals surface area contributed by atoms with Crippen molar-refractivity contribution in [3.8, 4) is 5.88 Å².